The van der Waals surface area contributed by atoms with Gasteiger partial charge in [-0.2, -0.15) is 0 Å². The lowest BCUT2D eigenvalue weighted by atomic mass is 10.1. The average Bonchev–Trinajstić information content (AvgIpc) is 2.62. The number of anilines is 1. The first-order valence-corrected chi connectivity index (χ1v) is 9.97. The van der Waals surface area contributed by atoms with Gasteiger partial charge < -0.3 is 16.0 Å². The van der Waals surface area contributed by atoms with E-state index in [1.165, 1.54) is 12.1 Å². The van der Waals surface area contributed by atoms with Gasteiger partial charge in [0.1, 0.15) is 10.7 Å². The molecule has 142 valence electrons. The number of halogens is 1. The van der Waals surface area contributed by atoms with Crippen LogP contribution in [0.1, 0.15) is 38.7 Å². The summed E-state index contributed by atoms with van der Waals surface area (Å²) in [4.78, 5) is 10.2. The van der Waals surface area contributed by atoms with Crippen molar-refractivity contribution >= 4 is 16.7 Å². The second-order valence-electron chi connectivity index (χ2n) is 5.75. The predicted octanol–water partition coefficient (Wildman–Crippen LogP) is 2.96. The Morgan fingerprint density at radius 1 is 1.04 bits per heavy atom. The van der Waals surface area contributed by atoms with Gasteiger partial charge in [-0.3, -0.25) is 0 Å². The molecule has 6 nitrogen and oxygen atoms in total. The van der Waals surface area contributed by atoms with Crippen LogP contribution in [-0.4, -0.2) is 36.9 Å². The normalized spacial score (nSPS) is 12.1. The molecule has 0 aliphatic heterocycles. The summed E-state index contributed by atoms with van der Waals surface area (Å²) in [6.07, 6.45) is 3.79. The molecular weight excluding hydrogens is 343 g/mol. The van der Waals surface area contributed by atoms with E-state index in [2.05, 4.69) is 27.5 Å². The van der Waals surface area contributed by atoms with Crippen LogP contribution in [0.4, 0.5) is 10.1 Å². The van der Waals surface area contributed by atoms with Crippen molar-refractivity contribution < 1.29 is 8.60 Å². The van der Waals surface area contributed by atoms with Crippen molar-refractivity contribution in [2.24, 2.45) is 4.58 Å². The fraction of sp³-hybridized carbons (Fsp3) is 0.647. The summed E-state index contributed by atoms with van der Waals surface area (Å²) >= 11 is 0. The van der Waals surface area contributed by atoms with Crippen LogP contribution in [0.3, 0.4) is 0 Å². The largest absolute Gasteiger partial charge is 0.385 e. The third-order valence-electron chi connectivity index (χ3n) is 3.80. The lowest BCUT2D eigenvalue weighted by Gasteiger charge is -2.13. The summed E-state index contributed by atoms with van der Waals surface area (Å²) in [7, 11) is -2.18. The summed E-state index contributed by atoms with van der Waals surface area (Å²) < 4.78 is 27.8. The van der Waals surface area contributed by atoms with Gasteiger partial charge in [0.15, 0.2) is 0 Å². The summed E-state index contributed by atoms with van der Waals surface area (Å²) in [6, 6.07) is 2.76. The van der Waals surface area contributed by atoms with E-state index in [-0.39, 0.29) is 4.90 Å². The van der Waals surface area contributed by atoms with Crippen LogP contribution in [0, 0.1) is 10.7 Å². The first-order chi connectivity index (χ1) is 12.1. The SMILES string of the molecule is CCCNCCNCCCCNc1cc(F)c(S(=O)N=O)cc1CC. The number of rotatable bonds is 14. The van der Waals surface area contributed by atoms with E-state index in [1.807, 2.05) is 6.92 Å². The standard InChI is InChI=1S/C17H29FN4O2S/c1-3-7-19-10-11-20-8-5-6-9-21-16-13-15(18)17(25(24)22-23)12-14(16)4-2/h12-13,19-21H,3-11H2,1-2H3. The number of benzene rings is 1. The molecule has 0 spiro atoms. The number of nitrogens with zero attached hydrogens (tertiary/aromatic N) is 1. The Labute approximate surface area is 151 Å². The van der Waals surface area contributed by atoms with Gasteiger partial charge in [0.25, 0.3) is 0 Å². The van der Waals surface area contributed by atoms with Gasteiger partial charge in [0.2, 0.25) is 11.0 Å². The highest BCUT2D eigenvalue weighted by Gasteiger charge is 2.14. The van der Waals surface area contributed by atoms with Crippen LogP contribution in [-0.2, 0) is 17.4 Å². The van der Waals surface area contributed by atoms with E-state index in [0.717, 1.165) is 57.5 Å². The maximum atomic E-state index is 14.0. The Balaban J connectivity index is 2.34. The van der Waals surface area contributed by atoms with Crippen LogP contribution in [0.5, 0.6) is 0 Å². The fourth-order valence-electron chi connectivity index (χ4n) is 2.43. The molecule has 0 fully saturated rings. The Hall–Kier alpha value is -1.38. The molecule has 1 aromatic rings. The predicted molar refractivity (Wildman–Crippen MR) is 102 cm³/mol. The number of hydrogen-bond acceptors (Lipinski definition) is 5. The monoisotopic (exact) mass is 372 g/mol. The number of hydrogen-bond donors (Lipinski definition) is 3. The average molecular weight is 373 g/mol. The van der Waals surface area contributed by atoms with Crippen molar-refractivity contribution in [1.82, 2.24) is 10.6 Å². The molecule has 1 rings (SSSR count). The van der Waals surface area contributed by atoms with Crippen molar-refractivity contribution in [2.75, 3.05) is 38.0 Å². The fourth-order valence-corrected chi connectivity index (χ4v) is 2.98. The Bertz CT molecular complexity index is 558. The molecule has 0 aliphatic rings. The molecule has 0 saturated heterocycles. The van der Waals surface area contributed by atoms with Crippen LogP contribution in [0.25, 0.3) is 0 Å². The quantitative estimate of drug-likeness (QED) is 0.345. The van der Waals surface area contributed by atoms with Crippen LogP contribution in [0.15, 0.2) is 21.6 Å². The molecule has 0 aliphatic carbocycles. The molecule has 3 N–H and O–H groups in total. The minimum atomic E-state index is -2.18. The molecule has 1 aromatic carbocycles. The molecule has 0 amide bonds. The summed E-state index contributed by atoms with van der Waals surface area (Å²) in [5, 5.41) is 9.93. The number of nitrogens with one attached hydrogen (secondary N) is 3. The lowest BCUT2D eigenvalue weighted by molar-refractivity contribution is 0.586. The number of nitroso groups, excluding NO2 is 1. The number of aryl methyl sites for hydroxylation is 1. The first kappa shape index (κ1) is 21.7. The van der Waals surface area contributed by atoms with E-state index in [1.54, 1.807) is 0 Å². The molecule has 0 radical (unpaired) electrons. The third-order valence-corrected chi connectivity index (χ3v) is 4.62. The minimum Gasteiger partial charge on any atom is -0.385 e. The molecule has 1 unspecified atom stereocenters. The molecule has 0 heterocycles. The maximum Gasteiger partial charge on any atom is 0.215 e. The van der Waals surface area contributed by atoms with E-state index in [0.29, 0.717) is 12.1 Å². The highest BCUT2D eigenvalue weighted by molar-refractivity contribution is 7.83. The summed E-state index contributed by atoms with van der Waals surface area (Å²) in [5.41, 5.74) is 1.51. The number of unbranched alkanes of at least 4 members (excludes halogenated alkanes) is 1. The van der Waals surface area contributed by atoms with Gasteiger partial charge in [0, 0.05) is 29.9 Å². The summed E-state index contributed by atoms with van der Waals surface area (Å²) in [5.74, 6) is -0.668. The second-order valence-corrected chi connectivity index (χ2v) is 6.84. The van der Waals surface area contributed by atoms with Crippen LogP contribution >= 0.6 is 0 Å². The van der Waals surface area contributed by atoms with Gasteiger partial charge in [-0.15, -0.1) is 4.91 Å². The van der Waals surface area contributed by atoms with Gasteiger partial charge in [-0.05, 0) is 56.5 Å². The summed E-state index contributed by atoms with van der Waals surface area (Å²) in [6.45, 7) is 8.75. The van der Waals surface area contributed by atoms with Crippen LogP contribution < -0.4 is 16.0 Å². The Kier molecular flexibility index (Phi) is 11.2. The zero-order valence-corrected chi connectivity index (χ0v) is 15.9. The molecule has 0 saturated carbocycles. The van der Waals surface area contributed by atoms with Crippen molar-refractivity contribution in [1.29, 1.82) is 0 Å². The highest BCUT2D eigenvalue weighted by Crippen LogP contribution is 2.24. The van der Waals surface area contributed by atoms with E-state index >= 15 is 0 Å². The zero-order chi connectivity index (χ0) is 18.5. The highest BCUT2D eigenvalue weighted by atomic mass is 32.2. The van der Waals surface area contributed by atoms with Gasteiger partial charge in [-0.25, -0.2) is 8.60 Å². The molecule has 0 bridgehead atoms. The van der Waals surface area contributed by atoms with E-state index in [4.69, 9.17) is 0 Å². The van der Waals surface area contributed by atoms with Gasteiger partial charge in [0.05, 0.1) is 0 Å². The molecule has 0 aromatic heterocycles. The van der Waals surface area contributed by atoms with Crippen LogP contribution in [0.2, 0.25) is 0 Å². The van der Waals surface area contributed by atoms with Crippen molar-refractivity contribution in [3.63, 3.8) is 0 Å². The van der Waals surface area contributed by atoms with Gasteiger partial charge in [-0.1, -0.05) is 13.8 Å². The molecule has 8 heteroatoms. The maximum absolute atomic E-state index is 14.0. The first-order valence-electron chi connectivity index (χ1n) is 8.87. The van der Waals surface area contributed by atoms with E-state index < -0.39 is 16.8 Å². The zero-order valence-electron chi connectivity index (χ0n) is 15.1. The smallest absolute Gasteiger partial charge is 0.215 e. The van der Waals surface area contributed by atoms with Gasteiger partial charge >= 0.3 is 0 Å². The molecular formula is C17H29FN4O2S. The van der Waals surface area contributed by atoms with Crippen molar-refractivity contribution in [2.45, 2.75) is 44.4 Å². The van der Waals surface area contributed by atoms with Crippen molar-refractivity contribution in [3.8, 4) is 0 Å². The van der Waals surface area contributed by atoms with Crippen molar-refractivity contribution in [3.05, 3.63) is 28.4 Å². The minimum absolute atomic E-state index is 0.154. The molecule has 25 heavy (non-hydrogen) atoms. The lowest BCUT2D eigenvalue weighted by Crippen LogP contribution is -2.28. The second kappa shape index (κ2) is 12.9. The third kappa shape index (κ3) is 8.02. The Morgan fingerprint density at radius 3 is 2.36 bits per heavy atom. The van der Waals surface area contributed by atoms with E-state index in [9.17, 15) is 13.5 Å². The molecule has 1 atom stereocenters. The topological polar surface area (TPSA) is 82.6 Å². The Morgan fingerprint density at radius 2 is 1.72 bits per heavy atom.